The molecule has 10 heavy (non-hydrogen) atoms. The van der Waals surface area contributed by atoms with E-state index >= 15 is 0 Å². The van der Waals surface area contributed by atoms with Gasteiger partial charge in [-0.05, 0) is 6.08 Å². The lowest BCUT2D eigenvalue weighted by atomic mass is 10.4. The number of alkyl halides is 1. The van der Waals surface area contributed by atoms with Gasteiger partial charge in [-0.15, -0.1) is 11.6 Å². The quantitative estimate of drug-likeness (QED) is 0.284. The maximum atomic E-state index is 5.44. The first-order chi connectivity index (χ1) is 4.06. The summed E-state index contributed by atoms with van der Waals surface area (Å²) < 4.78 is 0.966. The van der Waals surface area contributed by atoms with Crippen molar-refractivity contribution in [3.8, 4) is 0 Å². The summed E-state index contributed by atoms with van der Waals surface area (Å²) in [4.78, 5) is 0. The van der Waals surface area contributed by atoms with E-state index in [4.69, 9.17) is 11.6 Å². The molecule has 0 spiro atoms. The number of hydrogen-bond acceptors (Lipinski definition) is 0. The molecule has 0 amide bonds. The molecule has 0 aromatic rings. The van der Waals surface area contributed by atoms with E-state index in [1.165, 1.54) is 0 Å². The molecule has 0 bridgehead atoms. The molecule has 0 aliphatic heterocycles. The van der Waals surface area contributed by atoms with Crippen LogP contribution in [0.4, 0.5) is 0 Å². The van der Waals surface area contributed by atoms with Gasteiger partial charge in [0.1, 0.15) is 0 Å². The molecule has 0 heterocycles. The molecule has 0 unspecified atom stereocenters. The summed E-state index contributed by atoms with van der Waals surface area (Å²) in [6.07, 6.45) is 4.08. The van der Waals surface area contributed by atoms with Gasteiger partial charge in [0.05, 0.1) is 27.7 Å². The molecule has 0 fully saturated rings. The predicted molar refractivity (Wildman–Crippen MR) is 42.8 cm³/mol. The topological polar surface area (TPSA) is 0 Å². The van der Waals surface area contributed by atoms with Crippen molar-refractivity contribution in [1.29, 1.82) is 0 Å². The zero-order valence-electron chi connectivity index (χ0n) is 6.77. The SMILES string of the molecule is C[N+](C)(C)CC=CCCl.[Cl-]. The largest absolute Gasteiger partial charge is 1.00 e. The maximum absolute atomic E-state index is 5.44. The van der Waals surface area contributed by atoms with E-state index in [2.05, 4.69) is 27.2 Å². The standard InChI is InChI=1S/C7H15ClN.ClH/c1-9(2,3)7-5-4-6-8;/h4-5H,6-7H2,1-3H3;1H/q+1;/p-1. The lowest BCUT2D eigenvalue weighted by molar-refractivity contribution is -0.864. The highest BCUT2D eigenvalue weighted by Gasteiger charge is 2.00. The molecule has 0 saturated heterocycles. The fraction of sp³-hybridized carbons (Fsp3) is 0.714. The van der Waals surface area contributed by atoms with Gasteiger partial charge in [-0.3, -0.25) is 0 Å². The minimum absolute atomic E-state index is 0. The molecule has 0 aromatic heterocycles. The van der Waals surface area contributed by atoms with Crippen molar-refractivity contribution in [2.45, 2.75) is 0 Å². The smallest absolute Gasteiger partial charge is 0.0967 e. The molecule has 0 N–H and O–H groups in total. The molecular formula is C7H15Cl2N. The average molecular weight is 184 g/mol. The summed E-state index contributed by atoms with van der Waals surface area (Å²) in [5, 5.41) is 0. The Morgan fingerprint density at radius 3 is 2.00 bits per heavy atom. The van der Waals surface area contributed by atoms with Gasteiger partial charge < -0.3 is 16.9 Å². The van der Waals surface area contributed by atoms with Gasteiger partial charge >= 0.3 is 0 Å². The van der Waals surface area contributed by atoms with Crippen LogP contribution < -0.4 is 12.4 Å². The Morgan fingerprint density at radius 1 is 1.20 bits per heavy atom. The number of halogens is 2. The first-order valence-electron chi connectivity index (χ1n) is 3.07. The van der Waals surface area contributed by atoms with Crippen molar-refractivity contribution < 1.29 is 16.9 Å². The molecule has 0 aromatic carbocycles. The fourth-order valence-corrected chi connectivity index (χ4v) is 0.580. The summed E-state index contributed by atoms with van der Waals surface area (Å²) in [6, 6.07) is 0. The van der Waals surface area contributed by atoms with Crippen LogP contribution in [0.15, 0.2) is 12.2 Å². The maximum Gasteiger partial charge on any atom is 0.0967 e. The van der Waals surface area contributed by atoms with Gasteiger partial charge in [0, 0.05) is 5.88 Å². The molecule has 0 rings (SSSR count). The fourth-order valence-electron chi connectivity index (χ4n) is 0.454. The average Bonchev–Trinajstić information content (AvgIpc) is 1.63. The van der Waals surface area contributed by atoms with Crippen LogP contribution in [0.1, 0.15) is 0 Å². The highest BCUT2D eigenvalue weighted by Crippen LogP contribution is 1.89. The van der Waals surface area contributed by atoms with Crippen LogP contribution in [0.2, 0.25) is 0 Å². The molecule has 0 saturated carbocycles. The first kappa shape index (κ1) is 12.9. The summed E-state index contributed by atoms with van der Waals surface area (Å²) in [5.74, 6) is 0.625. The van der Waals surface area contributed by atoms with Gasteiger partial charge in [0.25, 0.3) is 0 Å². The van der Waals surface area contributed by atoms with Crippen LogP contribution >= 0.6 is 11.6 Å². The third-order valence-electron chi connectivity index (χ3n) is 0.909. The molecule has 1 nitrogen and oxygen atoms in total. The van der Waals surface area contributed by atoms with E-state index in [-0.39, 0.29) is 12.4 Å². The first-order valence-corrected chi connectivity index (χ1v) is 3.61. The lowest BCUT2D eigenvalue weighted by Crippen LogP contribution is -3.00. The van der Waals surface area contributed by atoms with E-state index in [9.17, 15) is 0 Å². The van der Waals surface area contributed by atoms with Crippen LogP contribution in [0.25, 0.3) is 0 Å². The Labute approximate surface area is 74.7 Å². The zero-order chi connectivity index (χ0) is 7.33. The predicted octanol–water partition coefficient (Wildman–Crippen LogP) is -1.51. The third-order valence-corrected chi connectivity index (χ3v) is 1.09. The Balaban J connectivity index is 0. The van der Waals surface area contributed by atoms with E-state index in [1.54, 1.807) is 0 Å². The van der Waals surface area contributed by atoms with Crippen molar-refractivity contribution in [3.63, 3.8) is 0 Å². The second-order valence-electron chi connectivity index (χ2n) is 3.10. The number of allylic oxidation sites excluding steroid dienone is 1. The number of likely N-dealkylation sites (N-methyl/N-ethyl adjacent to an activating group) is 1. The van der Waals surface area contributed by atoms with Crippen molar-refractivity contribution in [1.82, 2.24) is 0 Å². The normalized spacial score (nSPS) is 11.6. The van der Waals surface area contributed by atoms with E-state index in [0.717, 1.165) is 11.0 Å². The Bertz CT molecular complexity index is 94.3. The number of rotatable bonds is 3. The van der Waals surface area contributed by atoms with E-state index in [1.807, 2.05) is 6.08 Å². The number of nitrogens with zero attached hydrogens (tertiary/aromatic N) is 1. The molecule has 0 atom stereocenters. The third kappa shape index (κ3) is 11.1. The second-order valence-corrected chi connectivity index (χ2v) is 3.41. The highest BCUT2D eigenvalue weighted by molar-refractivity contribution is 6.18. The van der Waals surface area contributed by atoms with E-state index < -0.39 is 0 Å². The summed E-state index contributed by atoms with van der Waals surface area (Å²) in [6.45, 7) is 1.05. The summed E-state index contributed by atoms with van der Waals surface area (Å²) in [5.41, 5.74) is 0. The highest BCUT2D eigenvalue weighted by atomic mass is 35.5. The van der Waals surface area contributed by atoms with Crippen molar-refractivity contribution >= 4 is 11.6 Å². The minimum atomic E-state index is 0. The molecule has 3 heteroatoms. The number of hydrogen-bond donors (Lipinski definition) is 0. The van der Waals surface area contributed by atoms with Crippen molar-refractivity contribution in [3.05, 3.63) is 12.2 Å². The monoisotopic (exact) mass is 183 g/mol. The number of quaternary nitrogens is 1. The molecule has 0 aliphatic rings. The van der Waals surface area contributed by atoms with Gasteiger partial charge in [0.15, 0.2) is 0 Å². The Morgan fingerprint density at radius 2 is 1.70 bits per heavy atom. The Hall–Kier alpha value is 0.280. The summed E-state index contributed by atoms with van der Waals surface area (Å²) >= 11 is 5.44. The summed E-state index contributed by atoms with van der Waals surface area (Å²) in [7, 11) is 6.45. The van der Waals surface area contributed by atoms with Crippen LogP contribution in [0, 0.1) is 0 Å². The molecule has 62 valence electrons. The van der Waals surface area contributed by atoms with Crippen LogP contribution in [-0.2, 0) is 0 Å². The van der Waals surface area contributed by atoms with Crippen LogP contribution in [-0.4, -0.2) is 38.1 Å². The minimum Gasteiger partial charge on any atom is -1.00 e. The van der Waals surface area contributed by atoms with Crippen LogP contribution in [0.5, 0.6) is 0 Å². The van der Waals surface area contributed by atoms with Crippen molar-refractivity contribution in [2.24, 2.45) is 0 Å². The van der Waals surface area contributed by atoms with Gasteiger partial charge in [-0.25, -0.2) is 0 Å². The molecule has 0 radical (unpaired) electrons. The van der Waals surface area contributed by atoms with Gasteiger partial charge in [0.2, 0.25) is 0 Å². The van der Waals surface area contributed by atoms with E-state index in [0.29, 0.717) is 5.88 Å². The second kappa shape index (κ2) is 6.02. The molecule has 0 aliphatic carbocycles. The molecular weight excluding hydrogens is 169 g/mol. The zero-order valence-corrected chi connectivity index (χ0v) is 8.28. The van der Waals surface area contributed by atoms with Crippen LogP contribution in [0.3, 0.4) is 0 Å². The van der Waals surface area contributed by atoms with Crippen molar-refractivity contribution in [2.75, 3.05) is 33.6 Å². The van der Waals surface area contributed by atoms with Gasteiger partial charge in [-0.1, -0.05) is 6.08 Å². The Kier molecular flexibility index (Phi) is 7.77. The van der Waals surface area contributed by atoms with Gasteiger partial charge in [-0.2, -0.15) is 0 Å². The lowest BCUT2D eigenvalue weighted by Gasteiger charge is -2.21.